The van der Waals surface area contributed by atoms with Crippen LogP contribution in [0.25, 0.3) is 22.9 Å². The minimum absolute atomic E-state index is 0.216. The van der Waals surface area contributed by atoms with Gasteiger partial charge in [-0.25, -0.2) is 0 Å². The SMILES string of the molecule is O=C(/C=c1\[nH]c(=O)/c(=C\c2ccc3ccccc3c2)s1)c1ccccc1Cl. The number of ketones is 1. The van der Waals surface area contributed by atoms with E-state index in [0.717, 1.165) is 16.3 Å². The lowest BCUT2D eigenvalue weighted by atomic mass is 10.1. The first-order valence-electron chi connectivity index (χ1n) is 8.30. The summed E-state index contributed by atoms with van der Waals surface area (Å²) >= 11 is 7.31. The second kappa shape index (κ2) is 7.35. The zero-order chi connectivity index (χ0) is 18.8. The van der Waals surface area contributed by atoms with Crippen LogP contribution in [0.15, 0.2) is 71.5 Å². The fourth-order valence-electron chi connectivity index (χ4n) is 2.83. The summed E-state index contributed by atoms with van der Waals surface area (Å²) in [5.74, 6) is -0.240. The van der Waals surface area contributed by atoms with Crippen LogP contribution in [0.5, 0.6) is 0 Å². The molecule has 0 unspecified atom stereocenters. The zero-order valence-electron chi connectivity index (χ0n) is 14.1. The van der Waals surface area contributed by atoms with Crippen LogP contribution in [0.3, 0.4) is 0 Å². The molecule has 1 heterocycles. The third kappa shape index (κ3) is 3.77. The number of carbonyl (C=O) groups is 1. The number of fused-ring (bicyclic) bond motifs is 1. The van der Waals surface area contributed by atoms with Gasteiger partial charge in [-0.3, -0.25) is 9.59 Å². The number of thiazole rings is 1. The monoisotopic (exact) mass is 391 g/mol. The molecule has 0 aliphatic rings. The molecule has 4 rings (SSSR count). The Morgan fingerprint density at radius 3 is 2.52 bits per heavy atom. The van der Waals surface area contributed by atoms with Gasteiger partial charge in [0.15, 0.2) is 5.78 Å². The van der Waals surface area contributed by atoms with Crippen molar-refractivity contribution in [1.82, 2.24) is 4.98 Å². The Labute approximate surface area is 163 Å². The van der Waals surface area contributed by atoms with Gasteiger partial charge < -0.3 is 4.98 Å². The first-order chi connectivity index (χ1) is 13.1. The van der Waals surface area contributed by atoms with Crippen molar-refractivity contribution in [2.75, 3.05) is 0 Å². The van der Waals surface area contributed by atoms with E-state index in [1.165, 1.54) is 17.4 Å². The van der Waals surface area contributed by atoms with E-state index in [1.807, 2.05) is 48.5 Å². The van der Waals surface area contributed by atoms with Crippen LogP contribution in [0.4, 0.5) is 0 Å². The molecule has 0 spiro atoms. The van der Waals surface area contributed by atoms with Gasteiger partial charge in [0, 0.05) is 11.6 Å². The Morgan fingerprint density at radius 2 is 1.70 bits per heavy atom. The number of hydrogen-bond acceptors (Lipinski definition) is 3. The smallest absolute Gasteiger partial charge is 0.266 e. The maximum atomic E-state index is 12.4. The molecule has 27 heavy (non-hydrogen) atoms. The van der Waals surface area contributed by atoms with E-state index < -0.39 is 0 Å². The summed E-state index contributed by atoms with van der Waals surface area (Å²) in [4.78, 5) is 27.4. The lowest BCUT2D eigenvalue weighted by Crippen LogP contribution is -2.20. The van der Waals surface area contributed by atoms with Gasteiger partial charge >= 0.3 is 0 Å². The van der Waals surface area contributed by atoms with Crippen LogP contribution >= 0.6 is 22.9 Å². The van der Waals surface area contributed by atoms with Gasteiger partial charge in [0.25, 0.3) is 5.56 Å². The molecule has 0 aliphatic heterocycles. The number of H-pyrrole nitrogens is 1. The minimum atomic E-state index is -0.240. The molecule has 0 saturated heterocycles. The first kappa shape index (κ1) is 17.5. The normalized spacial score (nSPS) is 12.6. The standard InChI is InChI=1S/C22H14ClNO2S/c23-18-8-4-3-7-17(18)19(25)13-21-24-22(26)20(27-21)12-14-9-10-15-5-1-2-6-16(15)11-14/h1-13H,(H,24,26)/b20-12+,21-13+. The molecule has 0 amide bonds. The Balaban J connectivity index is 1.74. The number of aromatic nitrogens is 1. The van der Waals surface area contributed by atoms with Crippen LogP contribution in [0.2, 0.25) is 5.02 Å². The van der Waals surface area contributed by atoms with Crippen molar-refractivity contribution in [2.45, 2.75) is 0 Å². The predicted octanol–water partition coefficient (Wildman–Crippen LogP) is 3.74. The number of Topliss-reactive ketones (excluding diaryl/α,β-unsaturated/α-hetero) is 1. The summed E-state index contributed by atoms with van der Waals surface area (Å²) < 4.78 is 1.04. The summed E-state index contributed by atoms with van der Waals surface area (Å²) in [6.07, 6.45) is 3.23. The van der Waals surface area contributed by atoms with E-state index in [-0.39, 0.29) is 11.3 Å². The van der Waals surface area contributed by atoms with Crippen LogP contribution in [0.1, 0.15) is 15.9 Å². The summed E-state index contributed by atoms with van der Waals surface area (Å²) in [6, 6.07) is 20.9. The molecule has 0 bridgehead atoms. The molecule has 5 heteroatoms. The van der Waals surface area contributed by atoms with Gasteiger partial charge in [-0.05, 0) is 40.6 Å². The largest absolute Gasteiger partial charge is 0.313 e. The second-order valence-corrected chi connectivity index (χ2v) is 7.52. The number of nitrogens with one attached hydrogen (secondary N) is 1. The van der Waals surface area contributed by atoms with Crippen molar-refractivity contribution in [3.05, 3.63) is 102 Å². The highest BCUT2D eigenvalue weighted by molar-refractivity contribution is 7.07. The second-order valence-electron chi connectivity index (χ2n) is 6.02. The molecule has 3 aromatic carbocycles. The fraction of sp³-hybridized carbons (Fsp3) is 0. The molecule has 1 aromatic heterocycles. The molecular weight excluding hydrogens is 378 g/mol. The van der Waals surface area contributed by atoms with E-state index in [4.69, 9.17) is 11.6 Å². The maximum absolute atomic E-state index is 12.4. The van der Waals surface area contributed by atoms with Crippen molar-refractivity contribution in [2.24, 2.45) is 0 Å². The van der Waals surface area contributed by atoms with Crippen LogP contribution < -0.4 is 14.8 Å². The van der Waals surface area contributed by atoms with Gasteiger partial charge in [-0.1, -0.05) is 60.1 Å². The lowest BCUT2D eigenvalue weighted by Gasteiger charge is -1.98. The molecule has 0 saturated carbocycles. The Morgan fingerprint density at radius 1 is 0.963 bits per heavy atom. The van der Waals surface area contributed by atoms with Gasteiger partial charge in [0.05, 0.1) is 14.2 Å². The highest BCUT2D eigenvalue weighted by Gasteiger charge is 2.07. The highest BCUT2D eigenvalue weighted by Crippen LogP contribution is 2.16. The lowest BCUT2D eigenvalue weighted by molar-refractivity contribution is 0.106. The van der Waals surface area contributed by atoms with Crippen molar-refractivity contribution >= 4 is 51.6 Å². The van der Waals surface area contributed by atoms with E-state index in [2.05, 4.69) is 4.98 Å². The summed E-state index contributed by atoms with van der Waals surface area (Å²) in [7, 11) is 0. The Hall–Kier alpha value is -2.95. The quantitative estimate of drug-likeness (QED) is 0.541. The summed E-state index contributed by atoms with van der Waals surface area (Å²) in [5, 5.41) is 2.65. The van der Waals surface area contributed by atoms with Crippen molar-refractivity contribution in [1.29, 1.82) is 0 Å². The number of rotatable bonds is 3. The molecule has 4 aromatic rings. The van der Waals surface area contributed by atoms with Gasteiger partial charge in [0.1, 0.15) is 0 Å². The van der Waals surface area contributed by atoms with E-state index in [1.54, 1.807) is 24.3 Å². The summed E-state index contributed by atoms with van der Waals surface area (Å²) in [6.45, 7) is 0. The third-order valence-corrected chi connectivity index (χ3v) is 5.45. The number of halogens is 1. The molecule has 0 radical (unpaired) electrons. The van der Waals surface area contributed by atoms with Crippen LogP contribution in [-0.4, -0.2) is 10.8 Å². The topological polar surface area (TPSA) is 49.9 Å². The van der Waals surface area contributed by atoms with Crippen molar-refractivity contribution in [3.63, 3.8) is 0 Å². The zero-order valence-corrected chi connectivity index (χ0v) is 15.7. The molecular formula is C22H14ClNO2S. The van der Waals surface area contributed by atoms with Gasteiger partial charge in [-0.15, -0.1) is 11.3 Å². The predicted molar refractivity (Wildman–Crippen MR) is 112 cm³/mol. The highest BCUT2D eigenvalue weighted by atomic mass is 35.5. The Bertz CT molecular complexity index is 1330. The summed E-state index contributed by atoms with van der Waals surface area (Å²) in [5.41, 5.74) is 1.13. The molecule has 0 fully saturated rings. The maximum Gasteiger partial charge on any atom is 0.266 e. The van der Waals surface area contributed by atoms with Crippen LogP contribution in [0, 0.1) is 0 Å². The third-order valence-electron chi connectivity index (χ3n) is 4.15. The average molecular weight is 392 g/mol. The van der Waals surface area contributed by atoms with Crippen LogP contribution in [-0.2, 0) is 0 Å². The average Bonchev–Trinajstić information content (AvgIpc) is 3.00. The molecule has 3 nitrogen and oxygen atoms in total. The van der Waals surface area contributed by atoms with Crippen molar-refractivity contribution < 1.29 is 4.79 Å². The first-order valence-corrected chi connectivity index (χ1v) is 9.50. The molecule has 1 N–H and O–H groups in total. The van der Waals surface area contributed by atoms with E-state index in [0.29, 0.717) is 19.8 Å². The Kier molecular flexibility index (Phi) is 4.75. The molecule has 0 aliphatic carbocycles. The van der Waals surface area contributed by atoms with Gasteiger partial charge in [-0.2, -0.15) is 0 Å². The van der Waals surface area contributed by atoms with E-state index in [9.17, 15) is 9.59 Å². The molecule has 132 valence electrons. The molecule has 0 atom stereocenters. The van der Waals surface area contributed by atoms with E-state index >= 15 is 0 Å². The number of carbonyl (C=O) groups excluding carboxylic acids is 1. The fourth-order valence-corrected chi connectivity index (χ4v) is 3.95. The number of hydrogen-bond donors (Lipinski definition) is 1. The number of benzene rings is 3. The van der Waals surface area contributed by atoms with Gasteiger partial charge in [0.2, 0.25) is 0 Å². The van der Waals surface area contributed by atoms with Crippen molar-refractivity contribution in [3.8, 4) is 0 Å². The number of aromatic amines is 1. The minimum Gasteiger partial charge on any atom is -0.313 e.